The van der Waals surface area contributed by atoms with Gasteiger partial charge in [0.15, 0.2) is 0 Å². The molecular weight excluding hydrogens is 358 g/mol. The number of anilines is 1. The summed E-state index contributed by atoms with van der Waals surface area (Å²) in [4.78, 5) is 24.9. The molecule has 0 aliphatic carbocycles. The molecule has 1 fully saturated rings. The Morgan fingerprint density at radius 1 is 1.19 bits per heavy atom. The van der Waals surface area contributed by atoms with E-state index < -0.39 is 10.0 Å². The molecule has 0 unspecified atom stereocenters. The van der Waals surface area contributed by atoms with Gasteiger partial charge in [0, 0.05) is 38.9 Å². The van der Waals surface area contributed by atoms with Gasteiger partial charge in [-0.3, -0.25) is 9.59 Å². The first-order valence-corrected chi connectivity index (χ1v) is 9.97. The second-order valence-electron chi connectivity index (χ2n) is 6.22. The van der Waals surface area contributed by atoms with Crippen LogP contribution >= 0.6 is 0 Å². The number of benzene rings is 1. The summed E-state index contributed by atoms with van der Waals surface area (Å²) in [5, 5.41) is 2.59. The van der Waals surface area contributed by atoms with Crippen LogP contribution in [0.2, 0.25) is 0 Å². The molecule has 1 aliphatic heterocycles. The highest BCUT2D eigenvalue weighted by molar-refractivity contribution is 7.89. The number of likely N-dealkylation sites (tertiary alicyclic amines) is 1. The molecule has 2 N–H and O–H groups in total. The van der Waals surface area contributed by atoms with E-state index in [1.807, 2.05) is 0 Å². The number of nitrogens with one attached hydrogen (secondary N) is 2. The van der Waals surface area contributed by atoms with Crippen LogP contribution in [0, 0.1) is 0 Å². The van der Waals surface area contributed by atoms with Gasteiger partial charge in [-0.2, -0.15) is 0 Å². The number of amides is 2. The molecule has 1 saturated heterocycles. The van der Waals surface area contributed by atoms with E-state index in [1.54, 1.807) is 24.1 Å². The first-order valence-electron chi connectivity index (χ1n) is 8.48. The third-order valence-corrected chi connectivity index (χ3v) is 5.71. The maximum absolute atomic E-state index is 12.5. The molecule has 1 heterocycles. The molecule has 0 saturated carbocycles. The summed E-state index contributed by atoms with van der Waals surface area (Å²) >= 11 is 0. The van der Waals surface area contributed by atoms with Crippen molar-refractivity contribution in [3.8, 4) is 0 Å². The van der Waals surface area contributed by atoms with Crippen molar-refractivity contribution in [2.75, 3.05) is 32.1 Å². The smallest absolute Gasteiger partial charge is 0.240 e. The Hall–Kier alpha value is -1.97. The van der Waals surface area contributed by atoms with Crippen LogP contribution in [0.25, 0.3) is 0 Å². The van der Waals surface area contributed by atoms with Crippen molar-refractivity contribution in [1.29, 1.82) is 0 Å². The van der Waals surface area contributed by atoms with Gasteiger partial charge in [0.1, 0.15) is 0 Å². The van der Waals surface area contributed by atoms with E-state index in [9.17, 15) is 18.0 Å². The van der Waals surface area contributed by atoms with E-state index in [2.05, 4.69) is 10.0 Å². The minimum atomic E-state index is -3.64. The average Bonchev–Trinajstić information content (AvgIpc) is 2.60. The van der Waals surface area contributed by atoms with Crippen molar-refractivity contribution in [3.63, 3.8) is 0 Å². The molecule has 0 radical (unpaired) electrons. The Morgan fingerprint density at radius 3 is 2.35 bits per heavy atom. The number of methoxy groups -OCH3 is 1. The van der Waals surface area contributed by atoms with Crippen LogP contribution < -0.4 is 10.0 Å². The van der Waals surface area contributed by atoms with Crippen LogP contribution in [0.4, 0.5) is 5.69 Å². The first kappa shape index (κ1) is 20.3. The normalized spacial score (nSPS) is 15.7. The lowest BCUT2D eigenvalue weighted by molar-refractivity contribution is -0.133. The summed E-state index contributed by atoms with van der Waals surface area (Å²) in [6.45, 7) is 2.83. The summed E-state index contributed by atoms with van der Waals surface area (Å²) in [7, 11) is -2.09. The third-order valence-electron chi connectivity index (χ3n) is 4.17. The zero-order chi connectivity index (χ0) is 19.2. The maximum atomic E-state index is 12.5. The molecule has 8 nitrogen and oxygen atoms in total. The number of piperidine rings is 1. The number of ether oxygens (including phenoxy) is 1. The van der Waals surface area contributed by atoms with Crippen molar-refractivity contribution in [2.45, 2.75) is 37.1 Å². The van der Waals surface area contributed by atoms with Crippen molar-refractivity contribution in [1.82, 2.24) is 9.62 Å². The predicted octanol–water partition coefficient (Wildman–Crippen LogP) is 0.951. The molecule has 2 amide bonds. The fraction of sp³-hybridized carbons (Fsp3) is 0.529. The molecule has 0 aromatic heterocycles. The lowest BCUT2D eigenvalue weighted by Crippen LogP contribution is -2.46. The van der Waals surface area contributed by atoms with Crippen molar-refractivity contribution >= 4 is 27.5 Å². The topological polar surface area (TPSA) is 105 Å². The summed E-state index contributed by atoms with van der Waals surface area (Å²) < 4.78 is 32.6. The van der Waals surface area contributed by atoms with E-state index in [-0.39, 0.29) is 22.8 Å². The summed E-state index contributed by atoms with van der Waals surface area (Å²) in [5.41, 5.74) is 0.541. The van der Waals surface area contributed by atoms with Crippen LogP contribution in [-0.2, 0) is 24.3 Å². The molecular formula is C17H25N3O5S. The second kappa shape index (κ2) is 9.11. The molecule has 1 aliphatic rings. The number of nitrogens with zero attached hydrogens (tertiary/aromatic N) is 1. The highest BCUT2D eigenvalue weighted by Crippen LogP contribution is 2.17. The van der Waals surface area contributed by atoms with Gasteiger partial charge in [0.05, 0.1) is 17.9 Å². The average molecular weight is 383 g/mol. The van der Waals surface area contributed by atoms with Crippen LogP contribution in [0.3, 0.4) is 0 Å². The Labute approximate surface area is 153 Å². The second-order valence-corrected chi connectivity index (χ2v) is 7.94. The van der Waals surface area contributed by atoms with Gasteiger partial charge in [0.25, 0.3) is 0 Å². The number of carbonyl (C=O) groups is 2. The van der Waals surface area contributed by atoms with Gasteiger partial charge in [-0.05, 0) is 37.1 Å². The van der Waals surface area contributed by atoms with Crippen molar-refractivity contribution in [3.05, 3.63) is 24.3 Å². The summed E-state index contributed by atoms with van der Waals surface area (Å²) in [5.74, 6) is -0.188. The van der Waals surface area contributed by atoms with E-state index in [4.69, 9.17) is 4.74 Å². The molecule has 144 valence electrons. The fourth-order valence-corrected chi connectivity index (χ4v) is 4.11. The number of sulfonamides is 1. The van der Waals surface area contributed by atoms with E-state index in [0.717, 1.165) is 0 Å². The Bertz CT molecular complexity index is 725. The van der Waals surface area contributed by atoms with Gasteiger partial charge in [-0.25, -0.2) is 13.1 Å². The predicted molar refractivity (Wildman–Crippen MR) is 97.2 cm³/mol. The number of hydrogen-bond donors (Lipinski definition) is 2. The summed E-state index contributed by atoms with van der Waals surface area (Å²) in [6.07, 6.45) is 1.48. The summed E-state index contributed by atoms with van der Waals surface area (Å²) in [6, 6.07) is 5.80. The molecule has 0 atom stereocenters. The zero-order valence-corrected chi connectivity index (χ0v) is 15.8. The number of carbonyl (C=O) groups excluding carboxylic acids is 2. The zero-order valence-electron chi connectivity index (χ0n) is 15.0. The highest BCUT2D eigenvalue weighted by atomic mass is 32.2. The largest absolute Gasteiger partial charge is 0.384 e. The lowest BCUT2D eigenvalue weighted by Gasteiger charge is -2.32. The van der Waals surface area contributed by atoms with Gasteiger partial charge in [-0.15, -0.1) is 0 Å². The van der Waals surface area contributed by atoms with Gasteiger partial charge >= 0.3 is 0 Å². The Kier molecular flexibility index (Phi) is 7.13. The highest BCUT2D eigenvalue weighted by Gasteiger charge is 2.26. The van der Waals surface area contributed by atoms with Crippen LogP contribution in [0.5, 0.6) is 0 Å². The number of hydrogen-bond acceptors (Lipinski definition) is 5. The van der Waals surface area contributed by atoms with E-state index >= 15 is 0 Å². The minimum Gasteiger partial charge on any atom is -0.384 e. The molecule has 26 heavy (non-hydrogen) atoms. The van der Waals surface area contributed by atoms with Crippen molar-refractivity contribution in [2.24, 2.45) is 0 Å². The minimum absolute atomic E-state index is 0.0294. The monoisotopic (exact) mass is 383 g/mol. The molecule has 9 heteroatoms. The van der Waals surface area contributed by atoms with Gasteiger partial charge in [-0.1, -0.05) is 0 Å². The molecule has 1 aromatic rings. The molecule has 0 bridgehead atoms. The lowest BCUT2D eigenvalue weighted by atomic mass is 10.1. The molecule has 2 rings (SSSR count). The van der Waals surface area contributed by atoms with Crippen molar-refractivity contribution < 1.29 is 22.7 Å². The number of rotatable bonds is 7. The quantitative estimate of drug-likeness (QED) is 0.729. The Morgan fingerprint density at radius 2 is 1.81 bits per heavy atom. The Balaban J connectivity index is 1.90. The fourth-order valence-electron chi connectivity index (χ4n) is 2.80. The van der Waals surface area contributed by atoms with E-state index in [1.165, 1.54) is 19.1 Å². The third kappa shape index (κ3) is 5.79. The maximum Gasteiger partial charge on any atom is 0.240 e. The van der Waals surface area contributed by atoms with Crippen LogP contribution in [-0.4, -0.2) is 58.0 Å². The molecule has 0 spiro atoms. The van der Waals surface area contributed by atoms with Crippen LogP contribution in [0.15, 0.2) is 29.2 Å². The van der Waals surface area contributed by atoms with Gasteiger partial charge in [0.2, 0.25) is 21.8 Å². The molecule has 1 aromatic carbocycles. The SMILES string of the molecule is COCCC(=O)N1CCC(NS(=O)(=O)c2ccc(NC(C)=O)cc2)CC1. The standard InChI is InChI=1S/C17H25N3O5S/c1-13(21)18-14-3-5-16(6-4-14)26(23,24)19-15-7-10-20(11-8-15)17(22)9-12-25-2/h3-6,15,19H,7-12H2,1-2H3,(H,18,21). The van der Waals surface area contributed by atoms with Crippen LogP contribution in [0.1, 0.15) is 26.2 Å². The first-order chi connectivity index (χ1) is 12.3. The van der Waals surface area contributed by atoms with Gasteiger partial charge < -0.3 is 15.0 Å². The van der Waals surface area contributed by atoms with E-state index in [0.29, 0.717) is 44.6 Å².